The van der Waals surface area contributed by atoms with Gasteiger partial charge in [-0.2, -0.15) is 0 Å². The summed E-state index contributed by atoms with van der Waals surface area (Å²) in [6.07, 6.45) is 2.73. The standard InChI is InChI=1S/C10H12BrNO2S/c1-2-8(5-10(13)14)15-9-4-3-7(11)6-12-9/h3-4,6,8H,2,5H2,1H3,(H,13,14). The van der Waals surface area contributed by atoms with Crippen molar-refractivity contribution in [1.29, 1.82) is 0 Å². The molecule has 1 N–H and O–H groups in total. The van der Waals surface area contributed by atoms with E-state index in [-0.39, 0.29) is 11.7 Å². The van der Waals surface area contributed by atoms with Crippen molar-refractivity contribution in [2.45, 2.75) is 30.0 Å². The third-order valence-electron chi connectivity index (χ3n) is 1.85. The second kappa shape index (κ2) is 6.12. The van der Waals surface area contributed by atoms with Gasteiger partial charge in [-0.25, -0.2) is 4.98 Å². The van der Waals surface area contributed by atoms with Crippen LogP contribution >= 0.6 is 27.7 Å². The molecule has 0 aliphatic carbocycles. The summed E-state index contributed by atoms with van der Waals surface area (Å²) in [6.45, 7) is 1.99. The number of halogens is 1. The number of carboxylic acids is 1. The summed E-state index contributed by atoms with van der Waals surface area (Å²) in [4.78, 5) is 14.8. The molecule has 5 heteroatoms. The molecule has 1 atom stereocenters. The number of aliphatic carboxylic acids is 1. The molecule has 0 fully saturated rings. The molecule has 82 valence electrons. The van der Waals surface area contributed by atoms with Gasteiger partial charge in [-0.3, -0.25) is 4.79 Å². The van der Waals surface area contributed by atoms with E-state index < -0.39 is 5.97 Å². The van der Waals surface area contributed by atoms with Crippen molar-refractivity contribution in [3.05, 3.63) is 22.8 Å². The van der Waals surface area contributed by atoms with E-state index in [9.17, 15) is 4.79 Å². The predicted molar refractivity (Wildman–Crippen MR) is 64.1 cm³/mol. The number of rotatable bonds is 5. The lowest BCUT2D eigenvalue weighted by atomic mass is 10.2. The first-order chi connectivity index (χ1) is 7.11. The molecule has 0 radical (unpaired) electrons. The summed E-state index contributed by atoms with van der Waals surface area (Å²) < 4.78 is 0.929. The first kappa shape index (κ1) is 12.5. The van der Waals surface area contributed by atoms with E-state index in [1.807, 2.05) is 19.1 Å². The van der Waals surface area contributed by atoms with Gasteiger partial charge in [-0.15, -0.1) is 11.8 Å². The lowest BCUT2D eigenvalue weighted by Crippen LogP contribution is -2.08. The fraction of sp³-hybridized carbons (Fsp3) is 0.400. The first-order valence-corrected chi connectivity index (χ1v) is 6.29. The highest BCUT2D eigenvalue weighted by Gasteiger charge is 2.13. The minimum atomic E-state index is -0.758. The quantitative estimate of drug-likeness (QED) is 0.846. The van der Waals surface area contributed by atoms with E-state index in [1.54, 1.807) is 6.20 Å². The predicted octanol–water partition coefficient (Wildman–Crippen LogP) is 3.19. The van der Waals surface area contributed by atoms with Gasteiger partial charge in [0.15, 0.2) is 0 Å². The van der Waals surface area contributed by atoms with Crippen molar-refractivity contribution in [3.63, 3.8) is 0 Å². The van der Waals surface area contributed by atoms with E-state index in [2.05, 4.69) is 20.9 Å². The molecule has 0 spiro atoms. The zero-order chi connectivity index (χ0) is 11.3. The Morgan fingerprint density at radius 2 is 2.40 bits per heavy atom. The number of aromatic nitrogens is 1. The second-order valence-electron chi connectivity index (χ2n) is 3.06. The SMILES string of the molecule is CCC(CC(=O)O)Sc1ccc(Br)cn1. The van der Waals surface area contributed by atoms with Crippen LogP contribution in [0.2, 0.25) is 0 Å². The maximum absolute atomic E-state index is 10.6. The number of thioether (sulfide) groups is 1. The first-order valence-electron chi connectivity index (χ1n) is 4.61. The summed E-state index contributed by atoms with van der Waals surface area (Å²) >= 11 is 4.82. The minimum Gasteiger partial charge on any atom is -0.481 e. The Balaban J connectivity index is 2.58. The zero-order valence-corrected chi connectivity index (χ0v) is 10.7. The van der Waals surface area contributed by atoms with E-state index in [4.69, 9.17) is 5.11 Å². The Morgan fingerprint density at radius 3 is 2.87 bits per heavy atom. The zero-order valence-electron chi connectivity index (χ0n) is 8.31. The molecule has 1 rings (SSSR count). The molecule has 3 nitrogen and oxygen atoms in total. The highest BCUT2D eigenvalue weighted by atomic mass is 79.9. The van der Waals surface area contributed by atoms with Crippen LogP contribution in [-0.4, -0.2) is 21.3 Å². The number of carbonyl (C=O) groups is 1. The fourth-order valence-electron chi connectivity index (χ4n) is 1.07. The summed E-state index contributed by atoms with van der Waals surface area (Å²) in [7, 11) is 0. The summed E-state index contributed by atoms with van der Waals surface area (Å²) in [5.74, 6) is -0.758. The Labute approximate surface area is 101 Å². The highest BCUT2D eigenvalue weighted by molar-refractivity contribution is 9.10. The molecule has 1 aromatic rings. The van der Waals surface area contributed by atoms with Gasteiger partial charge >= 0.3 is 5.97 Å². The molecule has 0 aromatic carbocycles. The third kappa shape index (κ3) is 4.66. The molecule has 0 amide bonds. The average Bonchev–Trinajstić information content (AvgIpc) is 2.19. The van der Waals surface area contributed by atoms with Crippen molar-refractivity contribution >= 4 is 33.7 Å². The molecule has 0 aliphatic rings. The van der Waals surface area contributed by atoms with Crippen molar-refractivity contribution in [2.24, 2.45) is 0 Å². The minimum absolute atomic E-state index is 0.0937. The van der Waals surface area contributed by atoms with Gasteiger partial charge < -0.3 is 5.11 Å². The van der Waals surface area contributed by atoms with Crippen LogP contribution in [0.15, 0.2) is 27.8 Å². The Bertz CT molecular complexity index is 329. The number of hydrogen-bond donors (Lipinski definition) is 1. The summed E-state index contributed by atoms with van der Waals surface area (Å²) in [5, 5.41) is 9.66. The lowest BCUT2D eigenvalue weighted by molar-refractivity contribution is -0.136. The van der Waals surface area contributed by atoms with Crippen molar-refractivity contribution in [1.82, 2.24) is 4.98 Å². The third-order valence-corrected chi connectivity index (χ3v) is 3.63. The molecular formula is C10H12BrNO2S. The van der Waals surface area contributed by atoms with Gasteiger partial charge in [0.2, 0.25) is 0 Å². The van der Waals surface area contributed by atoms with E-state index in [0.29, 0.717) is 0 Å². The highest BCUT2D eigenvalue weighted by Crippen LogP contribution is 2.26. The van der Waals surface area contributed by atoms with Crippen LogP contribution in [0.3, 0.4) is 0 Å². The summed E-state index contributed by atoms with van der Waals surface area (Å²) in [5.41, 5.74) is 0. The van der Waals surface area contributed by atoms with Crippen LogP contribution in [0.5, 0.6) is 0 Å². The number of nitrogens with zero attached hydrogens (tertiary/aromatic N) is 1. The largest absolute Gasteiger partial charge is 0.481 e. The maximum atomic E-state index is 10.6. The maximum Gasteiger partial charge on any atom is 0.304 e. The average molecular weight is 290 g/mol. The van der Waals surface area contributed by atoms with Gasteiger partial charge in [0.05, 0.1) is 11.4 Å². The smallest absolute Gasteiger partial charge is 0.304 e. The normalized spacial score (nSPS) is 12.4. The summed E-state index contributed by atoms with van der Waals surface area (Å²) in [6, 6.07) is 3.79. The second-order valence-corrected chi connectivity index (χ2v) is 5.30. The molecule has 15 heavy (non-hydrogen) atoms. The van der Waals surface area contributed by atoms with Crippen molar-refractivity contribution in [2.75, 3.05) is 0 Å². The molecule has 1 unspecified atom stereocenters. The number of pyridine rings is 1. The molecular weight excluding hydrogens is 278 g/mol. The van der Waals surface area contributed by atoms with Crippen LogP contribution < -0.4 is 0 Å². The molecule has 1 aromatic heterocycles. The molecule has 0 bridgehead atoms. The van der Waals surface area contributed by atoms with Crippen molar-refractivity contribution < 1.29 is 9.90 Å². The molecule has 0 saturated heterocycles. The Hall–Kier alpha value is -0.550. The van der Waals surface area contributed by atoms with Gasteiger partial charge in [-0.1, -0.05) is 6.92 Å². The lowest BCUT2D eigenvalue weighted by Gasteiger charge is -2.10. The van der Waals surface area contributed by atoms with E-state index in [1.165, 1.54) is 11.8 Å². The van der Waals surface area contributed by atoms with Crippen LogP contribution in [0.4, 0.5) is 0 Å². The van der Waals surface area contributed by atoms with Gasteiger partial charge in [-0.05, 0) is 34.5 Å². The fourth-order valence-corrected chi connectivity index (χ4v) is 2.30. The van der Waals surface area contributed by atoms with Crippen LogP contribution in [0, 0.1) is 0 Å². The van der Waals surface area contributed by atoms with Crippen LogP contribution in [0.1, 0.15) is 19.8 Å². The van der Waals surface area contributed by atoms with Crippen LogP contribution in [-0.2, 0) is 4.79 Å². The monoisotopic (exact) mass is 289 g/mol. The topological polar surface area (TPSA) is 50.2 Å². The molecule has 0 aliphatic heterocycles. The van der Waals surface area contributed by atoms with E-state index in [0.717, 1.165) is 15.9 Å². The number of hydrogen-bond acceptors (Lipinski definition) is 3. The molecule has 1 heterocycles. The van der Waals surface area contributed by atoms with Gasteiger partial charge in [0.1, 0.15) is 0 Å². The number of carboxylic acid groups (broad SMARTS) is 1. The Kier molecular flexibility index (Phi) is 5.11. The van der Waals surface area contributed by atoms with Crippen molar-refractivity contribution in [3.8, 4) is 0 Å². The van der Waals surface area contributed by atoms with E-state index >= 15 is 0 Å². The van der Waals surface area contributed by atoms with Gasteiger partial charge in [0, 0.05) is 15.9 Å². The molecule has 0 saturated carbocycles. The van der Waals surface area contributed by atoms with Crippen LogP contribution in [0.25, 0.3) is 0 Å². The van der Waals surface area contributed by atoms with Gasteiger partial charge in [0.25, 0.3) is 0 Å². The Morgan fingerprint density at radius 1 is 1.67 bits per heavy atom.